The van der Waals surface area contributed by atoms with Gasteiger partial charge in [-0.1, -0.05) is 30.7 Å². The van der Waals surface area contributed by atoms with Gasteiger partial charge in [0, 0.05) is 0 Å². The molecule has 0 aromatic rings. The van der Waals surface area contributed by atoms with Crippen molar-refractivity contribution in [2.75, 3.05) is 0 Å². The normalized spacial score (nSPS) is 29.4. The van der Waals surface area contributed by atoms with Gasteiger partial charge in [0.1, 0.15) is 0 Å². The molecular formula is C10H12. The van der Waals surface area contributed by atoms with Crippen LogP contribution in [0.25, 0.3) is 0 Å². The number of allylic oxidation sites excluding steroid dienone is 6. The summed E-state index contributed by atoms with van der Waals surface area (Å²) in [7, 11) is 0. The van der Waals surface area contributed by atoms with Gasteiger partial charge in [-0.05, 0) is 30.4 Å². The van der Waals surface area contributed by atoms with E-state index in [1.165, 1.54) is 17.6 Å². The molecule has 2 aliphatic rings. The van der Waals surface area contributed by atoms with Crippen LogP contribution in [0.15, 0.2) is 34.9 Å². The summed E-state index contributed by atoms with van der Waals surface area (Å²) in [5.74, 6) is 0.769. The fraction of sp³-hybridized carbons (Fsp3) is 0.400. The molecule has 52 valence electrons. The second kappa shape index (κ2) is 1.85. The molecule has 0 heterocycles. The SMILES string of the molecule is CC1=CC2=CC(C)CC2=C1. The van der Waals surface area contributed by atoms with Crippen molar-refractivity contribution >= 4 is 0 Å². The number of rotatable bonds is 0. The van der Waals surface area contributed by atoms with Gasteiger partial charge in [-0.2, -0.15) is 0 Å². The third kappa shape index (κ3) is 0.756. The molecule has 0 N–H and O–H groups in total. The van der Waals surface area contributed by atoms with Gasteiger partial charge in [0.15, 0.2) is 0 Å². The molecule has 0 nitrogen and oxygen atoms in total. The molecule has 1 unspecified atom stereocenters. The van der Waals surface area contributed by atoms with E-state index >= 15 is 0 Å². The molecule has 0 fully saturated rings. The number of fused-ring (bicyclic) bond motifs is 1. The first kappa shape index (κ1) is 5.96. The number of hydrogen-bond acceptors (Lipinski definition) is 0. The van der Waals surface area contributed by atoms with E-state index in [1.807, 2.05) is 0 Å². The maximum absolute atomic E-state index is 2.36. The van der Waals surface area contributed by atoms with Gasteiger partial charge in [-0.3, -0.25) is 0 Å². The predicted molar refractivity (Wildman–Crippen MR) is 43.7 cm³/mol. The molecule has 0 aromatic carbocycles. The van der Waals surface area contributed by atoms with Crippen LogP contribution < -0.4 is 0 Å². The molecule has 0 radical (unpaired) electrons. The highest BCUT2D eigenvalue weighted by atomic mass is 14.2. The fourth-order valence-corrected chi connectivity index (χ4v) is 1.78. The zero-order valence-electron chi connectivity index (χ0n) is 6.52. The van der Waals surface area contributed by atoms with Crippen LogP contribution in [-0.2, 0) is 0 Å². The van der Waals surface area contributed by atoms with Crippen molar-refractivity contribution in [2.24, 2.45) is 5.92 Å². The second-order valence-corrected chi connectivity index (χ2v) is 3.36. The summed E-state index contributed by atoms with van der Waals surface area (Å²) in [4.78, 5) is 0. The molecule has 0 amide bonds. The number of hydrogen-bond donors (Lipinski definition) is 0. The minimum Gasteiger partial charge on any atom is -0.0738 e. The molecule has 0 aromatic heterocycles. The third-order valence-corrected chi connectivity index (χ3v) is 2.16. The van der Waals surface area contributed by atoms with Gasteiger partial charge >= 0.3 is 0 Å². The minimum absolute atomic E-state index is 0.769. The maximum atomic E-state index is 2.36. The van der Waals surface area contributed by atoms with Crippen LogP contribution in [0, 0.1) is 5.92 Å². The van der Waals surface area contributed by atoms with Crippen LogP contribution in [-0.4, -0.2) is 0 Å². The van der Waals surface area contributed by atoms with Crippen molar-refractivity contribution in [1.29, 1.82) is 0 Å². The maximum Gasteiger partial charge on any atom is -0.0212 e. The lowest BCUT2D eigenvalue weighted by molar-refractivity contribution is 0.758. The summed E-state index contributed by atoms with van der Waals surface area (Å²) in [6.07, 6.45) is 8.19. The van der Waals surface area contributed by atoms with Gasteiger partial charge in [0.25, 0.3) is 0 Å². The van der Waals surface area contributed by atoms with E-state index in [0.717, 1.165) is 5.92 Å². The van der Waals surface area contributed by atoms with Gasteiger partial charge in [0.05, 0.1) is 0 Å². The molecule has 0 saturated carbocycles. The Morgan fingerprint density at radius 3 is 2.90 bits per heavy atom. The summed E-state index contributed by atoms with van der Waals surface area (Å²) >= 11 is 0. The van der Waals surface area contributed by atoms with Crippen LogP contribution in [0.1, 0.15) is 20.3 Å². The first-order valence-corrected chi connectivity index (χ1v) is 3.87. The minimum atomic E-state index is 0.769. The van der Waals surface area contributed by atoms with Crippen molar-refractivity contribution in [3.8, 4) is 0 Å². The molecule has 2 aliphatic carbocycles. The van der Waals surface area contributed by atoms with Gasteiger partial charge < -0.3 is 0 Å². The van der Waals surface area contributed by atoms with Crippen molar-refractivity contribution in [3.63, 3.8) is 0 Å². The molecule has 1 atom stereocenters. The Labute approximate surface area is 61.9 Å². The molecule has 2 rings (SSSR count). The molecule has 0 spiro atoms. The average Bonchev–Trinajstić information content (AvgIpc) is 2.21. The van der Waals surface area contributed by atoms with Crippen LogP contribution >= 0.6 is 0 Å². The summed E-state index contributed by atoms with van der Waals surface area (Å²) in [6.45, 7) is 4.44. The van der Waals surface area contributed by atoms with E-state index in [-0.39, 0.29) is 0 Å². The largest absolute Gasteiger partial charge is 0.0738 e. The Kier molecular flexibility index (Phi) is 1.10. The third-order valence-electron chi connectivity index (χ3n) is 2.16. The van der Waals surface area contributed by atoms with Gasteiger partial charge in [-0.25, -0.2) is 0 Å². The molecule has 10 heavy (non-hydrogen) atoms. The zero-order chi connectivity index (χ0) is 7.14. The highest BCUT2D eigenvalue weighted by Crippen LogP contribution is 2.35. The van der Waals surface area contributed by atoms with E-state index in [0.29, 0.717) is 0 Å². The molecule has 0 aliphatic heterocycles. The lowest BCUT2D eigenvalue weighted by Crippen LogP contribution is -1.80. The second-order valence-electron chi connectivity index (χ2n) is 3.36. The van der Waals surface area contributed by atoms with Crippen molar-refractivity contribution in [1.82, 2.24) is 0 Å². The summed E-state index contributed by atoms with van der Waals surface area (Å²) < 4.78 is 0. The topological polar surface area (TPSA) is 0 Å². The van der Waals surface area contributed by atoms with Crippen LogP contribution in [0.4, 0.5) is 0 Å². The van der Waals surface area contributed by atoms with Crippen molar-refractivity contribution < 1.29 is 0 Å². The van der Waals surface area contributed by atoms with E-state index in [2.05, 4.69) is 32.1 Å². The summed E-state index contributed by atoms with van der Waals surface area (Å²) in [5, 5.41) is 0. The van der Waals surface area contributed by atoms with E-state index in [4.69, 9.17) is 0 Å². The summed E-state index contributed by atoms with van der Waals surface area (Å²) in [6, 6.07) is 0. The van der Waals surface area contributed by atoms with Gasteiger partial charge in [-0.15, -0.1) is 0 Å². The molecular weight excluding hydrogens is 120 g/mol. The van der Waals surface area contributed by atoms with E-state index in [9.17, 15) is 0 Å². The van der Waals surface area contributed by atoms with E-state index < -0.39 is 0 Å². The monoisotopic (exact) mass is 132 g/mol. The highest BCUT2D eigenvalue weighted by molar-refractivity contribution is 5.55. The smallest absolute Gasteiger partial charge is 0.0212 e. The standard InChI is InChI=1S/C10H12/c1-7-3-9-5-8(2)6-10(9)4-7/h3-5,8H,6H2,1-2H3. The lowest BCUT2D eigenvalue weighted by Gasteiger charge is -1.94. The summed E-state index contributed by atoms with van der Waals surface area (Å²) in [5.41, 5.74) is 4.43. The Morgan fingerprint density at radius 2 is 2.20 bits per heavy atom. The fourth-order valence-electron chi connectivity index (χ4n) is 1.78. The lowest BCUT2D eigenvalue weighted by atomic mass is 10.1. The molecule has 0 saturated heterocycles. The first-order chi connectivity index (χ1) is 4.75. The molecule has 0 bridgehead atoms. The van der Waals surface area contributed by atoms with Crippen molar-refractivity contribution in [3.05, 3.63) is 34.9 Å². The first-order valence-electron chi connectivity index (χ1n) is 3.87. The van der Waals surface area contributed by atoms with E-state index in [1.54, 1.807) is 5.57 Å². The van der Waals surface area contributed by atoms with Crippen LogP contribution in [0.5, 0.6) is 0 Å². The molecule has 0 heteroatoms. The van der Waals surface area contributed by atoms with Crippen LogP contribution in [0.2, 0.25) is 0 Å². The average molecular weight is 132 g/mol. The Morgan fingerprint density at radius 1 is 1.40 bits per heavy atom. The predicted octanol–water partition coefficient (Wildman–Crippen LogP) is 2.84. The van der Waals surface area contributed by atoms with Crippen LogP contribution in [0.3, 0.4) is 0 Å². The van der Waals surface area contributed by atoms with Crippen molar-refractivity contribution in [2.45, 2.75) is 20.3 Å². The quantitative estimate of drug-likeness (QED) is 0.475. The highest BCUT2D eigenvalue weighted by Gasteiger charge is 2.18. The van der Waals surface area contributed by atoms with Gasteiger partial charge in [0.2, 0.25) is 0 Å². The Balaban J connectivity index is 2.39. The Hall–Kier alpha value is -0.780. The zero-order valence-corrected chi connectivity index (χ0v) is 6.52. The Bertz CT molecular complexity index is 251.